The van der Waals surface area contributed by atoms with Gasteiger partial charge in [0.25, 0.3) is 5.91 Å². The second-order valence-corrected chi connectivity index (χ2v) is 4.30. The molecule has 1 amide bonds. The number of methoxy groups -OCH3 is 2. The van der Waals surface area contributed by atoms with Gasteiger partial charge in [-0.15, -0.1) is 0 Å². The molecule has 0 radical (unpaired) electrons. The molecule has 1 aromatic carbocycles. The first-order valence-electron chi connectivity index (χ1n) is 5.80. The van der Waals surface area contributed by atoms with E-state index < -0.39 is 17.5 Å². The van der Waals surface area contributed by atoms with Gasteiger partial charge in [0.2, 0.25) is 0 Å². The Morgan fingerprint density at radius 2 is 2.16 bits per heavy atom. The normalized spacial score (nSPS) is 20.7. The Bertz CT molecular complexity index is 528. The third-order valence-corrected chi connectivity index (χ3v) is 3.21. The van der Waals surface area contributed by atoms with E-state index in [-0.39, 0.29) is 12.8 Å². The van der Waals surface area contributed by atoms with Crippen LogP contribution in [-0.4, -0.2) is 31.2 Å². The van der Waals surface area contributed by atoms with Crippen molar-refractivity contribution in [2.24, 2.45) is 0 Å². The highest BCUT2D eigenvalue weighted by Gasteiger charge is 2.45. The maximum absolute atomic E-state index is 11.9. The van der Waals surface area contributed by atoms with E-state index in [1.807, 2.05) is 0 Å². The highest BCUT2D eigenvalue weighted by molar-refractivity contribution is 6.05. The standard InChI is InChI=1S/C13H15NO5/c1-18-8-3-4-10-9(7-8)13(17,12(16)14-10)6-5-11(15)19-2/h3-4,7,17H,5-6H2,1-2H3,(H,14,16). The number of rotatable bonds is 4. The van der Waals surface area contributed by atoms with E-state index >= 15 is 0 Å². The summed E-state index contributed by atoms with van der Waals surface area (Å²) in [5, 5.41) is 13.1. The van der Waals surface area contributed by atoms with Gasteiger partial charge in [-0.05, 0) is 24.6 Å². The van der Waals surface area contributed by atoms with Crippen LogP contribution in [0.1, 0.15) is 18.4 Å². The molecular weight excluding hydrogens is 250 g/mol. The van der Waals surface area contributed by atoms with Crippen LogP contribution < -0.4 is 10.1 Å². The lowest BCUT2D eigenvalue weighted by Crippen LogP contribution is -2.34. The lowest BCUT2D eigenvalue weighted by molar-refractivity contribution is -0.144. The molecule has 0 aliphatic carbocycles. The molecule has 0 saturated heterocycles. The number of esters is 1. The number of nitrogens with one attached hydrogen (secondary N) is 1. The molecule has 1 heterocycles. The number of amides is 1. The maximum Gasteiger partial charge on any atom is 0.305 e. The molecule has 2 N–H and O–H groups in total. The van der Waals surface area contributed by atoms with Crippen molar-refractivity contribution >= 4 is 17.6 Å². The molecular formula is C13H15NO5. The number of carbonyl (C=O) groups excluding carboxylic acids is 2. The van der Waals surface area contributed by atoms with Crippen molar-refractivity contribution in [1.82, 2.24) is 0 Å². The van der Waals surface area contributed by atoms with Gasteiger partial charge in [0.05, 0.1) is 14.2 Å². The summed E-state index contributed by atoms with van der Waals surface area (Å²) in [6, 6.07) is 4.93. The number of ether oxygens (including phenoxy) is 2. The summed E-state index contributed by atoms with van der Waals surface area (Å²) < 4.78 is 9.59. The Balaban J connectivity index is 2.31. The van der Waals surface area contributed by atoms with Crippen LogP contribution in [0.4, 0.5) is 5.69 Å². The van der Waals surface area contributed by atoms with Crippen molar-refractivity contribution in [3.8, 4) is 5.75 Å². The Morgan fingerprint density at radius 3 is 2.79 bits per heavy atom. The summed E-state index contributed by atoms with van der Waals surface area (Å²) in [6.45, 7) is 0. The number of benzene rings is 1. The Kier molecular flexibility index (Phi) is 3.44. The first kappa shape index (κ1) is 13.4. The average molecular weight is 265 g/mol. The predicted molar refractivity (Wildman–Crippen MR) is 66.8 cm³/mol. The molecule has 6 nitrogen and oxygen atoms in total. The molecule has 0 aromatic heterocycles. The first-order chi connectivity index (χ1) is 9.01. The Morgan fingerprint density at radius 1 is 1.42 bits per heavy atom. The minimum Gasteiger partial charge on any atom is -0.497 e. The molecule has 0 spiro atoms. The van der Waals surface area contributed by atoms with E-state index in [1.54, 1.807) is 18.2 Å². The molecule has 1 unspecified atom stereocenters. The Hall–Kier alpha value is -2.08. The fraction of sp³-hybridized carbons (Fsp3) is 0.385. The quantitative estimate of drug-likeness (QED) is 0.786. The second-order valence-electron chi connectivity index (χ2n) is 4.30. The largest absolute Gasteiger partial charge is 0.497 e. The molecule has 19 heavy (non-hydrogen) atoms. The van der Waals surface area contributed by atoms with Gasteiger partial charge in [0.15, 0.2) is 5.60 Å². The van der Waals surface area contributed by atoms with Gasteiger partial charge in [-0.25, -0.2) is 0 Å². The maximum atomic E-state index is 11.9. The van der Waals surface area contributed by atoms with E-state index in [4.69, 9.17) is 4.74 Å². The van der Waals surface area contributed by atoms with Crippen LogP contribution in [0.5, 0.6) is 5.75 Å². The van der Waals surface area contributed by atoms with Crippen molar-refractivity contribution in [3.05, 3.63) is 23.8 Å². The minimum atomic E-state index is -1.72. The van der Waals surface area contributed by atoms with E-state index in [0.29, 0.717) is 17.0 Å². The van der Waals surface area contributed by atoms with Crippen molar-refractivity contribution < 1.29 is 24.2 Å². The third kappa shape index (κ3) is 2.26. The molecule has 0 bridgehead atoms. The van der Waals surface area contributed by atoms with Gasteiger partial charge in [-0.1, -0.05) is 0 Å². The molecule has 1 aliphatic heterocycles. The fourth-order valence-corrected chi connectivity index (χ4v) is 2.08. The number of fused-ring (bicyclic) bond motifs is 1. The summed E-state index contributed by atoms with van der Waals surface area (Å²) in [4.78, 5) is 23.1. The van der Waals surface area contributed by atoms with Crippen molar-refractivity contribution in [2.45, 2.75) is 18.4 Å². The van der Waals surface area contributed by atoms with Crippen LogP contribution in [0, 0.1) is 0 Å². The van der Waals surface area contributed by atoms with Crippen molar-refractivity contribution in [1.29, 1.82) is 0 Å². The predicted octanol–water partition coefficient (Wildman–Crippen LogP) is 0.788. The second kappa shape index (κ2) is 4.89. The van der Waals surface area contributed by atoms with E-state index in [0.717, 1.165) is 0 Å². The zero-order valence-electron chi connectivity index (χ0n) is 10.7. The number of aliphatic hydroxyl groups is 1. The molecule has 6 heteroatoms. The van der Waals surface area contributed by atoms with Gasteiger partial charge in [0, 0.05) is 17.7 Å². The molecule has 0 saturated carbocycles. The zero-order chi connectivity index (χ0) is 14.0. The van der Waals surface area contributed by atoms with Gasteiger partial charge in [0.1, 0.15) is 5.75 Å². The highest BCUT2D eigenvalue weighted by Crippen LogP contribution is 2.40. The van der Waals surface area contributed by atoms with Crippen molar-refractivity contribution in [2.75, 3.05) is 19.5 Å². The van der Waals surface area contributed by atoms with Gasteiger partial charge in [-0.3, -0.25) is 9.59 Å². The molecule has 1 atom stereocenters. The van der Waals surface area contributed by atoms with E-state index in [9.17, 15) is 14.7 Å². The lowest BCUT2D eigenvalue weighted by Gasteiger charge is -2.20. The van der Waals surface area contributed by atoms with Gasteiger partial charge >= 0.3 is 5.97 Å². The van der Waals surface area contributed by atoms with Crippen LogP contribution in [0.25, 0.3) is 0 Å². The monoisotopic (exact) mass is 265 g/mol. The molecule has 1 aromatic rings. The van der Waals surface area contributed by atoms with Crippen LogP contribution in [0.3, 0.4) is 0 Å². The molecule has 102 valence electrons. The summed E-state index contributed by atoms with van der Waals surface area (Å²) in [6.07, 6.45) is -0.0806. The topological polar surface area (TPSA) is 84.9 Å². The van der Waals surface area contributed by atoms with Crippen molar-refractivity contribution in [3.63, 3.8) is 0 Å². The first-order valence-corrected chi connectivity index (χ1v) is 5.80. The number of hydrogen-bond acceptors (Lipinski definition) is 5. The Labute approximate surface area is 110 Å². The van der Waals surface area contributed by atoms with E-state index in [2.05, 4.69) is 10.1 Å². The molecule has 1 aliphatic rings. The van der Waals surface area contributed by atoms with Crippen LogP contribution in [0.2, 0.25) is 0 Å². The molecule has 0 fully saturated rings. The average Bonchev–Trinajstić information content (AvgIpc) is 2.68. The number of anilines is 1. The fourth-order valence-electron chi connectivity index (χ4n) is 2.08. The minimum absolute atomic E-state index is 0.0360. The summed E-state index contributed by atoms with van der Waals surface area (Å²) >= 11 is 0. The van der Waals surface area contributed by atoms with Gasteiger partial charge in [-0.2, -0.15) is 0 Å². The highest BCUT2D eigenvalue weighted by atomic mass is 16.5. The smallest absolute Gasteiger partial charge is 0.305 e. The summed E-state index contributed by atoms with van der Waals surface area (Å²) in [5.41, 5.74) is -0.781. The van der Waals surface area contributed by atoms with Crippen LogP contribution in [0.15, 0.2) is 18.2 Å². The number of hydrogen-bond donors (Lipinski definition) is 2. The lowest BCUT2D eigenvalue weighted by atomic mass is 9.90. The van der Waals surface area contributed by atoms with Crippen LogP contribution >= 0.6 is 0 Å². The van der Waals surface area contributed by atoms with Crippen LogP contribution in [-0.2, 0) is 19.9 Å². The van der Waals surface area contributed by atoms with Gasteiger partial charge < -0.3 is 19.9 Å². The van der Waals surface area contributed by atoms with E-state index in [1.165, 1.54) is 14.2 Å². The molecule has 2 rings (SSSR count). The SMILES string of the molecule is COC(=O)CCC1(O)C(=O)Nc2ccc(OC)cc21. The number of carbonyl (C=O) groups is 2. The summed E-state index contributed by atoms with van der Waals surface area (Å²) in [5.74, 6) is -0.482. The summed E-state index contributed by atoms with van der Waals surface area (Å²) in [7, 11) is 2.76. The third-order valence-electron chi connectivity index (χ3n) is 3.21. The zero-order valence-corrected chi connectivity index (χ0v) is 10.7.